The van der Waals surface area contributed by atoms with E-state index in [4.69, 9.17) is 34.3 Å². The molecule has 2 aromatic carbocycles. The van der Waals surface area contributed by atoms with Crippen molar-refractivity contribution < 1.29 is 0 Å². The molecule has 0 saturated carbocycles. The number of benzene rings is 2. The van der Waals surface area contributed by atoms with Crippen molar-refractivity contribution in [3.8, 4) is 0 Å². The van der Waals surface area contributed by atoms with Crippen LogP contribution in [0.1, 0.15) is 30.4 Å². The number of anilines is 1. The highest BCUT2D eigenvalue weighted by atomic mass is 35.5. The van der Waals surface area contributed by atoms with Gasteiger partial charge in [0, 0.05) is 60.1 Å². The minimum Gasteiger partial charge on any atom is -0.386 e. The number of aliphatic imine (C=N–C) groups is 1. The second-order valence-corrected chi connectivity index (χ2v) is 10.3. The smallest absolute Gasteiger partial charge is 0.112 e. The summed E-state index contributed by atoms with van der Waals surface area (Å²) in [5, 5.41) is 10.1. The Kier molecular flexibility index (Phi) is 8.14. The molecule has 2 aromatic rings. The third-order valence-electron chi connectivity index (χ3n) is 7.02. The lowest BCUT2D eigenvalue weighted by molar-refractivity contribution is 0.232. The lowest BCUT2D eigenvalue weighted by Crippen LogP contribution is -2.49. The van der Waals surface area contributed by atoms with Gasteiger partial charge < -0.3 is 20.9 Å². The molecule has 2 heterocycles. The summed E-state index contributed by atoms with van der Waals surface area (Å²) in [5.74, 6) is 0.578. The lowest BCUT2D eigenvalue weighted by atomic mass is 9.98. The molecule has 1 unspecified atom stereocenters. The van der Waals surface area contributed by atoms with Crippen LogP contribution in [0.25, 0.3) is 0 Å². The zero-order chi connectivity index (χ0) is 24.2. The van der Waals surface area contributed by atoms with Gasteiger partial charge in [0.2, 0.25) is 0 Å². The van der Waals surface area contributed by atoms with Gasteiger partial charge in [-0.15, -0.1) is 0 Å². The van der Waals surface area contributed by atoms with Gasteiger partial charge in [-0.25, -0.2) is 0 Å². The molecule has 2 aliphatic heterocycles. The maximum Gasteiger partial charge on any atom is 0.112 e. The zero-order valence-electron chi connectivity index (χ0n) is 20.0. The Morgan fingerprint density at radius 1 is 1.09 bits per heavy atom. The van der Waals surface area contributed by atoms with Gasteiger partial charge >= 0.3 is 0 Å². The van der Waals surface area contributed by atoms with Crippen LogP contribution in [0.2, 0.25) is 10.0 Å². The molecule has 1 fully saturated rings. The Hall–Kier alpha value is -2.12. The first-order chi connectivity index (χ1) is 16.3. The summed E-state index contributed by atoms with van der Waals surface area (Å²) in [5.41, 5.74) is 9.98. The van der Waals surface area contributed by atoms with Crippen molar-refractivity contribution in [2.24, 2.45) is 10.7 Å². The number of nitrogens with one attached hydrogen (secondary N) is 1. The molecule has 0 aliphatic carbocycles. The molecule has 182 valence electrons. The van der Waals surface area contributed by atoms with Crippen LogP contribution in [0, 0.1) is 5.41 Å². The normalized spacial score (nSPS) is 20.0. The molecule has 0 spiro atoms. The van der Waals surface area contributed by atoms with Crippen molar-refractivity contribution in [2.75, 3.05) is 45.2 Å². The Morgan fingerprint density at radius 2 is 1.79 bits per heavy atom. The lowest BCUT2D eigenvalue weighted by Gasteiger charge is -2.36. The summed E-state index contributed by atoms with van der Waals surface area (Å²) in [6.07, 6.45) is 2.86. The van der Waals surface area contributed by atoms with Crippen LogP contribution in [0.5, 0.6) is 0 Å². The van der Waals surface area contributed by atoms with Crippen molar-refractivity contribution >= 4 is 40.4 Å². The van der Waals surface area contributed by atoms with Crippen molar-refractivity contribution in [3.05, 3.63) is 63.6 Å². The summed E-state index contributed by atoms with van der Waals surface area (Å²) >= 11 is 12.6. The number of nitrogens with two attached hydrogens (primary N) is 1. The fourth-order valence-corrected chi connectivity index (χ4v) is 5.26. The summed E-state index contributed by atoms with van der Waals surface area (Å²) in [4.78, 5) is 11.5. The number of rotatable bonds is 7. The maximum absolute atomic E-state index is 8.79. The van der Waals surface area contributed by atoms with Gasteiger partial charge in [-0.2, -0.15) is 0 Å². The minimum absolute atomic E-state index is 0.138. The van der Waals surface area contributed by atoms with Crippen LogP contribution in [-0.4, -0.2) is 73.7 Å². The second kappa shape index (κ2) is 11.1. The number of halogens is 2. The van der Waals surface area contributed by atoms with Gasteiger partial charge in [-0.1, -0.05) is 35.3 Å². The van der Waals surface area contributed by atoms with Gasteiger partial charge in [0.1, 0.15) is 5.84 Å². The highest BCUT2D eigenvalue weighted by Crippen LogP contribution is 2.26. The molecule has 3 N–H and O–H groups in total. The van der Waals surface area contributed by atoms with E-state index >= 15 is 0 Å². The predicted molar refractivity (Wildman–Crippen MR) is 144 cm³/mol. The minimum atomic E-state index is -0.138. The Balaban J connectivity index is 1.41. The molecule has 1 atom stereocenters. The van der Waals surface area contributed by atoms with Gasteiger partial charge in [0.05, 0.1) is 12.6 Å². The first-order valence-corrected chi connectivity index (χ1v) is 12.6. The maximum atomic E-state index is 8.79. The van der Waals surface area contributed by atoms with Gasteiger partial charge in [0.15, 0.2) is 0 Å². The summed E-state index contributed by atoms with van der Waals surface area (Å²) in [7, 11) is 4.32. The monoisotopic (exact) mass is 500 g/mol. The van der Waals surface area contributed by atoms with Crippen molar-refractivity contribution in [2.45, 2.75) is 37.9 Å². The van der Waals surface area contributed by atoms with Crippen LogP contribution in [-0.2, 0) is 6.54 Å². The largest absolute Gasteiger partial charge is 0.386 e. The van der Waals surface area contributed by atoms with Crippen LogP contribution in [0.15, 0.2) is 47.5 Å². The standard InChI is InChI=1S/C26H34Cl2N6/c1-32(2)21-9-12-33(13-10-21)22-6-3-18(4-7-22)24(29)16-25-26(30)31-11-14-34(25)17-19-15-20(27)5-8-23(19)28/h3-8,15,21,25,29H,9-14,16-17H2,1-2H3,(H2,30,31). The van der Waals surface area contributed by atoms with Crippen LogP contribution in [0.3, 0.4) is 0 Å². The Labute approximate surface area is 212 Å². The number of hydrogen-bond donors (Lipinski definition) is 2. The Morgan fingerprint density at radius 3 is 2.47 bits per heavy atom. The topological polar surface area (TPSA) is 72.0 Å². The second-order valence-electron chi connectivity index (χ2n) is 9.44. The van der Waals surface area contributed by atoms with E-state index in [2.05, 4.69) is 58.1 Å². The molecule has 0 radical (unpaired) electrons. The fourth-order valence-electron chi connectivity index (χ4n) is 4.89. The van der Waals surface area contributed by atoms with E-state index in [0.29, 0.717) is 47.1 Å². The molecule has 2 aliphatic rings. The first-order valence-electron chi connectivity index (χ1n) is 11.9. The van der Waals surface area contributed by atoms with Gasteiger partial charge in [-0.3, -0.25) is 9.89 Å². The van der Waals surface area contributed by atoms with Crippen LogP contribution >= 0.6 is 23.2 Å². The molecule has 34 heavy (non-hydrogen) atoms. The van der Waals surface area contributed by atoms with E-state index in [1.807, 2.05) is 12.1 Å². The van der Waals surface area contributed by atoms with E-state index in [1.165, 1.54) is 18.5 Å². The summed E-state index contributed by atoms with van der Waals surface area (Å²) < 4.78 is 0. The molecule has 6 nitrogen and oxygen atoms in total. The molecule has 0 amide bonds. The quantitative estimate of drug-likeness (QED) is 0.548. The highest BCUT2D eigenvalue weighted by Gasteiger charge is 2.28. The fraction of sp³-hybridized carbons (Fsp3) is 0.462. The SMILES string of the molecule is CN(C)C1CCN(c2ccc(C(=N)CC3C(N)=NCCN3Cc3cc(Cl)ccc3Cl)cc2)CC1. The first kappa shape index (κ1) is 25.0. The van der Waals surface area contributed by atoms with E-state index in [-0.39, 0.29) is 6.04 Å². The molecule has 0 bridgehead atoms. The summed E-state index contributed by atoms with van der Waals surface area (Å²) in [6.45, 7) is 4.16. The zero-order valence-corrected chi connectivity index (χ0v) is 21.5. The van der Waals surface area contributed by atoms with Crippen molar-refractivity contribution in [1.29, 1.82) is 5.41 Å². The number of hydrogen-bond acceptors (Lipinski definition) is 6. The van der Waals surface area contributed by atoms with Gasteiger partial charge in [-0.05, 0) is 68.4 Å². The average molecular weight is 502 g/mol. The molecule has 4 rings (SSSR count). The average Bonchev–Trinajstić information content (AvgIpc) is 2.83. The third-order valence-corrected chi connectivity index (χ3v) is 7.62. The van der Waals surface area contributed by atoms with E-state index in [0.717, 1.165) is 30.8 Å². The van der Waals surface area contributed by atoms with E-state index < -0.39 is 0 Å². The van der Waals surface area contributed by atoms with E-state index in [1.54, 1.807) is 6.07 Å². The molecule has 0 aromatic heterocycles. The van der Waals surface area contributed by atoms with Crippen LogP contribution < -0.4 is 10.6 Å². The third kappa shape index (κ3) is 5.92. The van der Waals surface area contributed by atoms with Crippen LogP contribution in [0.4, 0.5) is 5.69 Å². The molecule has 8 heteroatoms. The van der Waals surface area contributed by atoms with Crippen molar-refractivity contribution in [1.82, 2.24) is 9.80 Å². The Bertz CT molecular complexity index is 1030. The molecular weight excluding hydrogens is 467 g/mol. The summed E-state index contributed by atoms with van der Waals surface area (Å²) in [6, 6.07) is 14.4. The highest BCUT2D eigenvalue weighted by molar-refractivity contribution is 6.33. The number of nitrogens with zero attached hydrogens (tertiary/aromatic N) is 4. The van der Waals surface area contributed by atoms with Crippen molar-refractivity contribution in [3.63, 3.8) is 0 Å². The van der Waals surface area contributed by atoms with E-state index in [9.17, 15) is 0 Å². The number of amidine groups is 1. The molecule has 1 saturated heterocycles. The van der Waals surface area contributed by atoms with Gasteiger partial charge in [0.25, 0.3) is 0 Å². The predicted octanol–water partition coefficient (Wildman–Crippen LogP) is 4.52. The number of piperidine rings is 1. The molecular formula is C26H34Cl2N6.